The highest BCUT2D eigenvalue weighted by atomic mass is 19.2. The number of aliphatic hydroxyl groups is 2. The summed E-state index contributed by atoms with van der Waals surface area (Å²) in [5.41, 5.74) is -1.37. The van der Waals surface area contributed by atoms with Crippen LogP contribution in [-0.4, -0.2) is 31.5 Å². The monoisotopic (exact) mass is 324 g/mol. The Balaban J connectivity index is 1.84. The van der Waals surface area contributed by atoms with E-state index >= 15 is 0 Å². The minimum atomic E-state index is -1.12. The smallest absolute Gasteiger partial charge is 0.261 e. The zero-order chi connectivity index (χ0) is 16.6. The lowest BCUT2D eigenvalue weighted by molar-refractivity contribution is -0.0100. The summed E-state index contributed by atoms with van der Waals surface area (Å²) in [6, 6.07) is 1.68. The Kier molecular flexibility index (Phi) is 4.16. The van der Waals surface area contributed by atoms with Crippen molar-refractivity contribution in [2.24, 2.45) is 0 Å². The number of rotatable bonds is 4. The molecule has 7 heteroatoms. The fourth-order valence-electron chi connectivity index (χ4n) is 3.25. The largest absolute Gasteiger partial charge is 0.391 e. The maximum atomic E-state index is 13.3. The van der Waals surface area contributed by atoms with E-state index in [2.05, 4.69) is 4.98 Å². The highest BCUT2D eigenvalue weighted by Crippen LogP contribution is 2.33. The molecular formula is C16H18F2N2O3. The molecule has 5 nitrogen and oxygen atoms in total. The SMILES string of the molecule is O=c1c2cc(F)c(F)cc2ncn1CC(O)CC1(O)CCCC1. The predicted octanol–water partition coefficient (Wildman–Crippen LogP) is 1.73. The molecule has 1 heterocycles. The van der Waals surface area contributed by atoms with E-state index in [4.69, 9.17) is 0 Å². The predicted molar refractivity (Wildman–Crippen MR) is 80.0 cm³/mol. The number of benzene rings is 1. The standard InChI is InChI=1S/C16H18F2N2O3/c17-12-5-11-14(6-13(12)18)19-9-20(15(11)22)8-10(21)7-16(23)3-1-2-4-16/h5-6,9-10,21,23H,1-4,7-8H2. The van der Waals surface area contributed by atoms with Gasteiger partial charge in [-0.25, -0.2) is 13.8 Å². The van der Waals surface area contributed by atoms with E-state index in [9.17, 15) is 23.8 Å². The number of aliphatic hydroxyl groups excluding tert-OH is 1. The van der Waals surface area contributed by atoms with Gasteiger partial charge >= 0.3 is 0 Å². The van der Waals surface area contributed by atoms with Gasteiger partial charge in [-0.2, -0.15) is 0 Å². The Morgan fingerprint density at radius 3 is 2.61 bits per heavy atom. The van der Waals surface area contributed by atoms with E-state index in [0.717, 1.165) is 29.5 Å². The van der Waals surface area contributed by atoms with Gasteiger partial charge in [-0.1, -0.05) is 12.8 Å². The first-order chi connectivity index (χ1) is 10.9. The van der Waals surface area contributed by atoms with Crippen LogP contribution in [0.2, 0.25) is 0 Å². The number of hydrogen-bond acceptors (Lipinski definition) is 4. The lowest BCUT2D eigenvalue weighted by atomic mass is 9.94. The van der Waals surface area contributed by atoms with Gasteiger partial charge in [0.15, 0.2) is 11.6 Å². The molecule has 1 aromatic carbocycles. The molecule has 23 heavy (non-hydrogen) atoms. The third-order valence-corrected chi connectivity index (χ3v) is 4.42. The van der Waals surface area contributed by atoms with Gasteiger partial charge in [-0.05, 0) is 18.9 Å². The Bertz CT molecular complexity index is 785. The normalized spacial score (nSPS) is 18.4. The second-order valence-electron chi connectivity index (χ2n) is 6.27. The summed E-state index contributed by atoms with van der Waals surface area (Å²) >= 11 is 0. The Morgan fingerprint density at radius 2 is 1.91 bits per heavy atom. The minimum Gasteiger partial charge on any atom is -0.391 e. The summed E-state index contributed by atoms with van der Waals surface area (Å²) in [4.78, 5) is 16.2. The van der Waals surface area contributed by atoms with Crippen molar-refractivity contribution in [2.75, 3.05) is 0 Å². The molecule has 1 fully saturated rings. The maximum Gasteiger partial charge on any atom is 0.261 e. The van der Waals surface area contributed by atoms with Gasteiger partial charge in [0.2, 0.25) is 0 Å². The molecule has 0 saturated heterocycles. The number of hydrogen-bond donors (Lipinski definition) is 2. The molecule has 1 aliphatic rings. The average molecular weight is 324 g/mol. The molecule has 1 aliphatic carbocycles. The van der Waals surface area contributed by atoms with Gasteiger partial charge in [0.25, 0.3) is 5.56 Å². The summed E-state index contributed by atoms with van der Waals surface area (Å²) < 4.78 is 27.6. The van der Waals surface area contributed by atoms with Gasteiger partial charge in [0.05, 0.1) is 35.5 Å². The maximum absolute atomic E-state index is 13.3. The Morgan fingerprint density at radius 1 is 1.26 bits per heavy atom. The zero-order valence-electron chi connectivity index (χ0n) is 12.5. The van der Waals surface area contributed by atoms with Crippen molar-refractivity contribution in [3.63, 3.8) is 0 Å². The first-order valence-electron chi connectivity index (χ1n) is 7.63. The molecule has 3 rings (SSSR count). The molecule has 0 radical (unpaired) electrons. The second-order valence-corrected chi connectivity index (χ2v) is 6.27. The van der Waals surface area contributed by atoms with Crippen molar-refractivity contribution < 1.29 is 19.0 Å². The highest BCUT2D eigenvalue weighted by Gasteiger charge is 2.33. The van der Waals surface area contributed by atoms with Crippen LogP contribution < -0.4 is 5.56 Å². The lowest BCUT2D eigenvalue weighted by Crippen LogP contribution is -2.34. The van der Waals surface area contributed by atoms with E-state index in [0.29, 0.717) is 12.8 Å². The molecule has 2 N–H and O–H groups in total. The summed E-state index contributed by atoms with van der Waals surface area (Å²) in [6.45, 7) is -0.0525. The summed E-state index contributed by atoms with van der Waals surface area (Å²) in [7, 11) is 0. The zero-order valence-corrected chi connectivity index (χ0v) is 12.5. The average Bonchev–Trinajstić information content (AvgIpc) is 2.90. The minimum absolute atomic E-state index is 0.0434. The molecule has 0 amide bonds. The van der Waals surface area contributed by atoms with Gasteiger partial charge in [0.1, 0.15) is 0 Å². The van der Waals surface area contributed by atoms with Gasteiger partial charge in [-0.3, -0.25) is 9.36 Å². The first-order valence-corrected chi connectivity index (χ1v) is 7.63. The lowest BCUT2D eigenvalue weighted by Gasteiger charge is -2.25. The summed E-state index contributed by atoms with van der Waals surface area (Å²) in [6.07, 6.45) is 3.58. The van der Waals surface area contributed by atoms with E-state index in [1.165, 1.54) is 6.33 Å². The van der Waals surface area contributed by atoms with E-state index in [1.807, 2.05) is 0 Å². The molecular weight excluding hydrogens is 306 g/mol. The molecule has 1 saturated carbocycles. The summed E-state index contributed by atoms with van der Waals surface area (Å²) in [5, 5.41) is 20.4. The molecule has 0 aliphatic heterocycles. The van der Waals surface area contributed by atoms with Crippen LogP contribution in [0.15, 0.2) is 23.3 Å². The third kappa shape index (κ3) is 3.25. The first kappa shape index (κ1) is 16.0. The van der Waals surface area contributed by atoms with Crippen molar-refractivity contribution in [3.05, 3.63) is 40.4 Å². The molecule has 1 unspecified atom stereocenters. The molecule has 0 bridgehead atoms. The van der Waals surface area contributed by atoms with Crippen LogP contribution in [0.1, 0.15) is 32.1 Å². The Hall–Kier alpha value is -1.86. The third-order valence-electron chi connectivity index (χ3n) is 4.42. The van der Waals surface area contributed by atoms with Crippen molar-refractivity contribution in [1.82, 2.24) is 9.55 Å². The van der Waals surface area contributed by atoms with Crippen molar-refractivity contribution >= 4 is 10.9 Å². The summed E-state index contributed by atoms with van der Waals surface area (Å²) in [5.74, 6) is -2.18. The van der Waals surface area contributed by atoms with Crippen LogP contribution in [0.5, 0.6) is 0 Å². The molecule has 124 valence electrons. The number of fused-ring (bicyclic) bond motifs is 1. The topological polar surface area (TPSA) is 75.4 Å². The van der Waals surface area contributed by atoms with Crippen molar-refractivity contribution in [3.8, 4) is 0 Å². The van der Waals surface area contributed by atoms with Crippen LogP contribution in [-0.2, 0) is 6.54 Å². The number of halogens is 2. The van der Waals surface area contributed by atoms with Crippen molar-refractivity contribution in [2.45, 2.75) is 50.4 Å². The fourth-order valence-corrected chi connectivity index (χ4v) is 3.25. The van der Waals surface area contributed by atoms with Gasteiger partial charge in [0, 0.05) is 12.5 Å². The quantitative estimate of drug-likeness (QED) is 0.898. The number of nitrogens with zero attached hydrogens (tertiary/aromatic N) is 2. The van der Waals surface area contributed by atoms with Crippen LogP contribution in [0.3, 0.4) is 0 Å². The molecule has 0 spiro atoms. The number of aromatic nitrogens is 2. The van der Waals surface area contributed by atoms with Gasteiger partial charge < -0.3 is 10.2 Å². The van der Waals surface area contributed by atoms with E-state index in [1.54, 1.807) is 0 Å². The van der Waals surface area contributed by atoms with E-state index in [-0.39, 0.29) is 23.9 Å². The molecule has 1 atom stereocenters. The van der Waals surface area contributed by atoms with Crippen LogP contribution in [0.4, 0.5) is 8.78 Å². The van der Waals surface area contributed by atoms with Crippen molar-refractivity contribution in [1.29, 1.82) is 0 Å². The van der Waals surface area contributed by atoms with Crippen LogP contribution in [0.25, 0.3) is 10.9 Å². The molecule has 2 aromatic rings. The van der Waals surface area contributed by atoms with E-state index < -0.39 is 28.9 Å². The fraction of sp³-hybridized carbons (Fsp3) is 0.500. The Labute approximate surface area is 131 Å². The molecule has 1 aromatic heterocycles. The van der Waals surface area contributed by atoms with Crippen LogP contribution >= 0.6 is 0 Å². The van der Waals surface area contributed by atoms with Crippen LogP contribution in [0, 0.1) is 11.6 Å². The second kappa shape index (κ2) is 5.98. The van der Waals surface area contributed by atoms with Gasteiger partial charge in [-0.15, -0.1) is 0 Å². The highest BCUT2D eigenvalue weighted by molar-refractivity contribution is 5.77.